The number of carbonyl (C=O) groups is 1. The van der Waals surface area contributed by atoms with Gasteiger partial charge in [-0.2, -0.15) is 0 Å². The lowest BCUT2D eigenvalue weighted by Gasteiger charge is -2.25. The summed E-state index contributed by atoms with van der Waals surface area (Å²) >= 11 is 1.49. The molecule has 3 rings (SSSR count). The van der Waals surface area contributed by atoms with Crippen LogP contribution in [0.1, 0.15) is 37.1 Å². The van der Waals surface area contributed by atoms with Gasteiger partial charge in [0.2, 0.25) is 5.91 Å². The van der Waals surface area contributed by atoms with Crippen molar-refractivity contribution in [3.8, 4) is 10.8 Å². The van der Waals surface area contributed by atoms with E-state index in [1.165, 1.54) is 11.3 Å². The van der Waals surface area contributed by atoms with E-state index in [9.17, 15) is 9.90 Å². The molecule has 1 saturated carbocycles. The first-order valence-corrected chi connectivity index (χ1v) is 8.94. The fourth-order valence-corrected chi connectivity index (χ4v) is 3.76. The van der Waals surface area contributed by atoms with Crippen LogP contribution >= 0.6 is 11.3 Å². The zero-order valence-corrected chi connectivity index (χ0v) is 14.1. The molecule has 2 N–H and O–H groups in total. The predicted octanol–water partition coefficient (Wildman–Crippen LogP) is 2.92. The number of hydrogen-bond donors (Lipinski definition) is 2. The standard InChI is InChI=1S/C17H22N2O3S/c1-11-5-6-15(22-11)17-19-13(10-23-17)8-16(21)18-9-12-3-2-4-14(20)7-12/h5-6,10,12,14,20H,2-4,7-9H2,1H3,(H,18,21). The Morgan fingerprint density at radius 2 is 2.35 bits per heavy atom. The number of aliphatic hydroxyl groups excluding tert-OH is 1. The topological polar surface area (TPSA) is 75.4 Å². The number of nitrogens with zero attached hydrogens (tertiary/aromatic N) is 1. The molecule has 1 fully saturated rings. The Labute approximate surface area is 139 Å². The van der Waals surface area contributed by atoms with Crippen LogP contribution < -0.4 is 5.32 Å². The van der Waals surface area contributed by atoms with Crippen molar-refractivity contribution in [3.05, 3.63) is 29.0 Å². The highest BCUT2D eigenvalue weighted by Crippen LogP contribution is 2.26. The predicted molar refractivity (Wildman–Crippen MR) is 89.2 cm³/mol. The molecule has 0 bridgehead atoms. The fourth-order valence-electron chi connectivity index (χ4n) is 2.98. The second-order valence-corrected chi connectivity index (χ2v) is 7.08. The van der Waals surface area contributed by atoms with E-state index in [1.54, 1.807) is 0 Å². The van der Waals surface area contributed by atoms with E-state index in [0.29, 0.717) is 12.5 Å². The van der Waals surface area contributed by atoms with E-state index in [2.05, 4.69) is 10.3 Å². The van der Waals surface area contributed by atoms with Crippen molar-refractivity contribution in [2.24, 2.45) is 5.92 Å². The summed E-state index contributed by atoms with van der Waals surface area (Å²) in [7, 11) is 0. The minimum absolute atomic E-state index is 0.0162. The summed E-state index contributed by atoms with van der Waals surface area (Å²) in [6.07, 6.45) is 3.88. The van der Waals surface area contributed by atoms with Crippen molar-refractivity contribution >= 4 is 17.2 Å². The highest BCUT2D eigenvalue weighted by Gasteiger charge is 2.20. The molecule has 0 spiro atoms. The minimum Gasteiger partial charge on any atom is -0.459 e. The molecule has 0 radical (unpaired) electrons. The molecule has 5 nitrogen and oxygen atoms in total. The average Bonchev–Trinajstić information content (AvgIpc) is 3.14. The van der Waals surface area contributed by atoms with Crippen LogP contribution in [-0.4, -0.2) is 28.6 Å². The number of thiazole rings is 1. The van der Waals surface area contributed by atoms with E-state index < -0.39 is 0 Å². The summed E-state index contributed by atoms with van der Waals surface area (Å²) in [5.74, 6) is 1.97. The van der Waals surface area contributed by atoms with Crippen molar-refractivity contribution in [2.45, 2.75) is 45.1 Å². The van der Waals surface area contributed by atoms with Crippen molar-refractivity contribution in [3.63, 3.8) is 0 Å². The van der Waals surface area contributed by atoms with Gasteiger partial charge in [0.05, 0.1) is 18.2 Å². The van der Waals surface area contributed by atoms with Gasteiger partial charge in [0.25, 0.3) is 0 Å². The Kier molecular flexibility index (Phi) is 5.13. The van der Waals surface area contributed by atoms with E-state index in [1.807, 2.05) is 24.4 Å². The lowest BCUT2D eigenvalue weighted by Crippen LogP contribution is -2.33. The van der Waals surface area contributed by atoms with Gasteiger partial charge >= 0.3 is 0 Å². The van der Waals surface area contributed by atoms with Crippen LogP contribution in [0.4, 0.5) is 0 Å². The lowest BCUT2D eigenvalue weighted by molar-refractivity contribution is -0.120. The van der Waals surface area contributed by atoms with Crippen LogP contribution in [0.2, 0.25) is 0 Å². The highest BCUT2D eigenvalue weighted by molar-refractivity contribution is 7.13. The van der Waals surface area contributed by atoms with Gasteiger partial charge in [0.15, 0.2) is 10.8 Å². The van der Waals surface area contributed by atoms with Gasteiger partial charge in [-0.25, -0.2) is 4.98 Å². The molecule has 2 aromatic rings. The van der Waals surface area contributed by atoms with Gasteiger partial charge in [0, 0.05) is 11.9 Å². The second-order valence-electron chi connectivity index (χ2n) is 6.22. The molecular weight excluding hydrogens is 312 g/mol. The molecular formula is C17H22N2O3S. The number of aryl methyl sites for hydroxylation is 1. The average molecular weight is 334 g/mol. The Hall–Kier alpha value is -1.66. The molecule has 0 aromatic carbocycles. The lowest BCUT2D eigenvalue weighted by atomic mass is 9.87. The number of amides is 1. The number of rotatable bonds is 5. The zero-order valence-electron chi connectivity index (χ0n) is 13.2. The third-order valence-corrected chi connectivity index (χ3v) is 5.09. The largest absolute Gasteiger partial charge is 0.459 e. The SMILES string of the molecule is Cc1ccc(-c2nc(CC(=O)NCC3CCCC(O)C3)cs2)o1. The van der Waals surface area contributed by atoms with Gasteiger partial charge in [-0.1, -0.05) is 6.42 Å². The molecule has 2 aromatic heterocycles. The third kappa shape index (κ3) is 4.42. The molecule has 0 aliphatic heterocycles. The summed E-state index contributed by atoms with van der Waals surface area (Å²) in [4.78, 5) is 16.5. The number of nitrogens with one attached hydrogen (secondary N) is 1. The van der Waals surface area contributed by atoms with Gasteiger partial charge < -0.3 is 14.8 Å². The van der Waals surface area contributed by atoms with Crippen LogP contribution in [0.25, 0.3) is 10.8 Å². The number of aliphatic hydroxyl groups is 1. The Morgan fingerprint density at radius 1 is 1.48 bits per heavy atom. The molecule has 1 aliphatic rings. The molecule has 2 heterocycles. The summed E-state index contributed by atoms with van der Waals surface area (Å²) < 4.78 is 5.55. The molecule has 0 saturated heterocycles. The Bertz CT molecular complexity index is 664. The fraction of sp³-hybridized carbons (Fsp3) is 0.529. The number of aromatic nitrogens is 1. The van der Waals surface area contributed by atoms with Crippen molar-refractivity contribution in [2.75, 3.05) is 6.54 Å². The maximum absolute atomic E-state index is 12.1. The van der Waals surface area contributed by atoms with Gasteiger partial charge in [0.1, 0.15) is 5.76 Å². The van der Waals surface area contributed by atoms with Crippen molar-refractivity contribution in [1.29, 1.82) is 0 Å². The smallest absolute Gasteiger partial charge is 0.226 e. The molecule has 6 heteroatoms. The van der Waals surface area contributed by atoms with Crippen LogP contribution in [0.15, 0.2) is 21.9 Å². The monoisotopic (exact) mass is 334 g/mol. The molecule has 2 unspecified atom stereocenters. The molecule has 23 heavy (non-hydrogen) atoms. The summed E-state index contributed by atoms with van der Waals surface area (Å²) in [6, 6.07) is 3.80. The maximum Gasteiger partial charge on any atom is 0.226 e. The number of carbonyl (C=O) groups excluding carboxylic acids is 1. The van der Waals surface area contributed by atoms with Crippen molar-refractivity contribution in [1.82, 2.24) is 10.3 Å². The van der Waals surface area contributed by atoms with E-state index in [4.69, 9.17) is 4.42 Å². The summed E-state index contributed by atoms with van der Waals surface area (Å²) in [5, 5.41) is 15.3. The third-order valence-electron chi connectivity index (χ3n) is 4.19. The Morgan fingerprint density at radius 3 is 3.09 bits per heavy atom. The molecule has 1 aliphatic carbocycles. The quantitative estimate of drug-likeness (QED) is 0.881. The summed E-state index contributed by atoms with van der Waals surface area (Å²) in [6.45, 7) is 2.54. The first-order valence-electron chi connectivity index (χ1n) is 8.06. The van der Waals surface area contributed by atoms with E-state index in [0.717, 1.165) is 47.9 Å². The Balaban J connectivity index is 1.49. The van der Waals surface area contributed by atoms with Gasteiger partial charge in [-0.15, -0.1) is 11.3 Å². The van der Waals surface area contributed by atoms with Crippen LogP contribution in [0, 0.1) is 12.8 Å². The van der Waals surface area contributed by atoms with Crippen LogP contribution in [0.3, 0.4) is 0 Å². The van der Waals surface area contributed by atoms with Crippen LogP contribution in [-0.2, 0) is 11.2 Å². The van der Waals surface area contributed by atoms with E-state index >= 15 is 0 Å². The van der Waals surface area contributed by atoms with Gasteiger partial charge in [-0.3, -0.25) is 4.79 Å². The first-order chi connectivity index (χ1) is 11.1. The molecule has 1 amide bonds. The number of furan rings is 1. The number of hydrogen-bond acceptors (Lipinski definition) is 5. The minimum atomic E-state index is -0.205. The second kappa shape index (κ2) is 7.27. The zero-order chi connectivity index (χ0) is 16.2. The maximum atomic E-state index is 12.1. The molecule has 2 atom stereocenters. The first kappa shape index (κ1) is 16.2. The van der Waals surface area contributed by atoms with E-state index in [-0.39, 0.29) is 18.4 Å². The van der Waals surface area contributed by atoms with Gasteiger partial charge in [-0.05, 0) is 44.2 Å². The molecule has 124 valence electrons. The van der Waals surface area contributed by atoms with Crippen LogP contribution in [0.5, 0.6) is 0 Å². The highest BCUT2D eigenvalue weighted by atomic mass is 32.1. The summed E-state index contributed by atoms with van der Waals surface area (Å²) in [5.41, 5.74) is 0.764. The van der Waals surface area contributed by atoms with Crippen molar-refractivity contribution < 1.29 is 14.3 Å². The normalized spacial score (nSPS) is 21.3.